The van der Waals surface area contributed by atoms with E-state index in [-0.39, 0.29) is 22.7 Å². The van der Waals surface area contributed by atoms with E-state index in [0.29, 0.717) is 28.4 Å². The molecule has 2 aromatic carbocycles. The summed E-state index contributed by atoms with van der Waals surface area (Å²) < 4.78 is 96.9. The van der Waals surface area contributed by atoms with Crippen LogP contribution in [0.3, 0.4) is 0 Å². The predicted molar refractivity (Wildman–Crippen MR) is 116 cm³/mol. The van der Waals surface area contributed by atoms with Gasteiger partial charge in [0.05, 0.1) is 0 Å². The zero-order chi connectivity index (χ0) is 24.7. The Morgan fingerprint density at radius 3 is 2.44 bits per heavy atom. The summed E-state index contributed by atoms with van der Waals surface area (Å²) in [5.74, 6) is -4.09. The van der Waals surface area contributed by atoms with Crippen molar-refractivity contribution < 1.29 is 35.1 Å². The highest BCUT2D eigenvalue weighted by atomic mass is 32.2. The molecule has 0 saturated carbocycles. The number of anilines is 1. The van der Waals surface area contributed by atoms with Crippen molar-refractivity contribution in [3.05, 3.63) is 72.1 Å². The highest BCUT2D eigenvalue weighted by Crippen LogP contribution is 2.39. The van der Waals surface area contributed by atoms with Gasteiger partial charge in [-0.15, -0.1) is 0 Å². The third kappa shape index (κ3) is 5.28. The van der Waals surface area contributed by atoms with Crippen molar-refractivity contribution in [2.45, 2.75) is 13.1 Å². The summed E-state index contributed by atoms with van der Waals surface area (Å²) in [4.78, 5) is 7.29. The lowest BCUT2D eigenvalue weighted by Crippen LogP contribution is -2.27. The first kappa shape index (κ1) is 23.5. The number of benzene rings is 2. The number of hydrogen-bond acceptors (Lipinski definition) is 4. The fourth-order valence-electron chi connectivity index (χ4n) is 3.39. The first-order chi connectivity index (χ1) is 15.9. The topological polar surface area (TPSA) is 84.1 Å². The molecule has 0 unspecified atom stereocenters. The van der Waals surface area contributed by atoms with Crippen LogP contribution < -0.4 is 9.46 Å². The van der Waals surface area contributed by atoms with Gasteiger partial charge in [0, 0.05) is 34.6 Å². The minimum Gasteiger partial charge on any atom is -0.454 e. The molecular weight excluding hydrogens is 481 g/mol. The molecule has 0 aliphatic carbocycles. The van der Waals surface area contributed by atoms with Gasteiger partial charge in [0.2, 0.25) is 10.0 Å². The molecule has 4 aromatic rings. The zero-order valence-corrected chi connectivity index (χ0v) is 18.2. The van der Waals surface area contributed by atoms with E-state index in [1.54, 1.807) is 25.3 Å². The number of sulfonamides is 1. The molecule has 178 valence electrons. The van der Waals surface area contributed by atoms with Gasteiger partial charge in [-0.2, -0.15) is 13.2 Å². The number of ether oxygens (including phenoxy) is 1. The summed E-state index contributed by atoms with van der Waals surface area (Å²) in [6.45, 7) is 1.71. The van der Waals surface area contributed by atoms with Crippen LogP contribution in [0.2, 0.25) is 0 Å². The lowest BCUT2D eigenvalue weighted by Gasteiger charge is -2.16. The number of H-pyrrole nitrogens is 1. The van der Waals surface area contributed by atoms with Gasteiger partial charge in [-0.25, -0.2) is 22.2 Å². The number of nitrogens with zero attached hydrogens (tertiary/aromatic N) is 1. The SMILES string of the molecule is Cc1cc(-c2cc(NS(=O)(=O)CC(F)(F)F)ccc2Oc2ccc(F)cc2F)c2cc[nH]c2n1. The van der Waals surface area contributed by atoms with Crippen LogP contribution in [0, 0.1) is 18.6 Å². The molecule has 0 bridgehead atoms. The van der Waals surface area contributed by atoms with Crippen LogP contribution in [0.4, 0.5) is 27.6 Å². The Morgan fingerprint density at radius 2 is 1.74 bits per heavy atom. The van der Waals surface area contributed by atoms with Gasteiger partial charge in [-0.3, -0.25) is 4.72 Å². The number of aromatic nitrogens is 2. The summed E-state index contributed by atoms with van der Waals surface area (Å²) in [6, 6.07) is 9.79. The van der Waals surface area contributed by atoms with Crippen molar-refractivity contribution >= 4 is 26.7 Å². The maximum Gasteiger partial charge on any atom is 0.404 e. The van der Waals surface area contributed by atoms with Gasteiger partial charge in [-0.05, 0) is 55.0 Å². The van der Waals surface area contributed by atoms with Crippen molar-refractivity contribution in [2.24, 2.45) is 0 Å². The number of rotatable bonds is 6. The molecule has 0 radical (unpaired) electrons. The number of aryl methyl sites for hydroxylation is 1. The van der Waals surface area contributed by atoms with E-state index >= 15 is 0 Å². The van der Waals surface area contributed by atoms with Crippen LogP contribution in [-0.2, 0) is 10.0 Å². The van der Waals surface area contributed by atoms with Crippen molar-refractivity contribution in [1.29, 1.82) is 0 Å². The molecule has 0 aliphatic rings. The highest BCUT2D eigenvalue weighted by molar-refractivity contribution is 7.92. The molecule has 34 heavy (non-hydrogen) atoms. The van der Waals surface area contributed by atoms with Crippen LogP contribution in [0.25, 0.3) is 22.2 Å². The van der Waals surface area contributed by atoms with E-state index in [4.69, 9.17) is 4.74 Å². The van der Waals surface area contributed by atoms with Gasteiger partial charge in [-0.1, -0.05) is 0 Å². The second-order valence-electron chi connectivity index (χ2n) is 7.42. The van der Waals surface area contributed by atoms with E-state index in [1.807, 2.05) is 4.72 Å². The molecule has 0 amide bonds. The third-order valence-electron chi connectivity index (χ3n) is 4.67. The average Bonchev–Trinajstić information content (AvgIpc) is 3.16. The molecular formula is C22H16F5N3O3S. The van der Waals surface area contributed by atoms with Crippen LogP contribution in [0.15, 0.2) is 54.7 Å². The molecule has 2 heterocycles. The molecule has 0 aliphatic heterocycles. The van der Waals surface area contributed by atoms with Crippen LogP contribution >= 0.6 is 0 Å². The van der Waals surface area contributed by atoms with Crippen molar-refractivity contribution in [2.75, 3.05) is 10.5 Å². The Kier molecular flexibility index (Phi) is 5.94. The quantitative estimate of drug-likeness (QED) is 0.324. The fourth-order valence-corrected chi connectivity index (χ4v) is 4.38. The lowest BCUT2D eigenvalue weighted by molar-refractivity contribution is -0.106. The Morgan fingerprint density at radius 1 is 1.00 bits per heavy atom. The van der Waals surface area contributed by atoms with Crippen molar-refractivity contribution in [1.82, 2.24) is 9.97 Å². The predicted octanol–water partition coefficient (Wildman–Crippen LogP) is 5.91. The fraction of sp³-hybridized carbons (Fsp3) is 0.136. The minimum atomic E-state index is -4.93. The van der Waals surface area contributed by atoms with Crippen molar-refractivity contribution in [3.63, 3.8) is 0 Å². The Hall–Kier alpha value is -3.67. The summed E-state index contributed by atoms with van der Waals surface area (Å²) in [5, 5.41) is 0.602. The molecule has 6 nitrogen and oxygen atoms in total. The number of hydrogen-bond donors (Lipinski definition) is 2. The largest absolute Gasteiger partial charge is 0.454 e. The number of nitrogens with one attached hydrogen (secondary N) is 2. The minimum absolute atomic E-state index is 0.0531. The lowest BCUT2D eigenvalue weighted by atomic mass is 10.0. The number of aromatic amines is 1. The molecule has 12 heteroatoms. The summed E-state index contributed by atoms with van der Waals surface area (Å²) in [5.41, 5.74) is 1.65. The van der Waals surface area contributed by atoms with Gasteiger partial charge >= 0.3 is 6.18 Å². The maximum atomic E-state index is 14.2. The van der Waals surface area contributed by atoms with Gasteiger partial charge in [0.1, 0.15) is 17.2 Å². The van der Waals surface area contributed by atoms with E-state index in [0.717, 1.165) is 12.1 Å². The summed E-state index contributed by atoms with van der Waals surface area (Å²) in [7, 11) is -4.75. The van der Waals surface area contributed by atoms with E-state index in [1.165, 1.54) is 18.2 Å². The van der Waals surface area contributed by atoms with Crippen molar-refractivity contribution in [3.8, 4) is 22.6 Å². The molecule has 0 fully saturated rings. The van der Waals surface area contributed by atoms with Crippen LogP contribution in [-0.4, -0.2) is 30.3 Å². The summed E-state index contributed by atoms with van der Waals surface area (Å²) in [6.07, 6.45) is -3.31. The monoisotopic (exact) mass is 497 g/mol. The van der Waals surface area contributed by atoms with Gasteiger partial charge < -0.3 is 9.72 Å². The number of alkyl halides is 3. The Labute approximate surface area is 190 Å². The second kappa shape index (κ2) is 8.60. The van der Waals surface area contributed by atoms with E-state index < -0.39 is 33.6 Å². The molecule has 0 atom stereocenters. The maximum absolute atomic E-state index is 14.2. The third-order valence-corrected chi connectivity index (χ3v) is 5.92. The standard InChI is InChI=1S/C22H16F5N3O3S/c1-12-8-16(15-6-7-28-21(15)29-12)17-10-14(30-34(31,32)11-22(25,26)27)3-5-19(17)33-20-4-2-13(23)9-18(20)24/h2-10,30H,11H2,1H3,(H,28,29). The number of halogens is 5. The van der Waals surface area contributed by atoms with Gasteiger partial charge in [0.15, 0.2) is 17.3 Å². The smallest absolute Gasteiger partial charge is 0.404 e. The number of pyridine rings is 1. The molecule has 0 spiro atoms. The van der Waals surface area contributed by atoms with Crippen LogP contribution in [0.5, 0.6) is 11.5 Å². The first-order valence-electron chi connectivity index (χ1n) is 9.69. The normalized spacial score (nSPS) is 12.2. The second-order valence-corrected chi connectivity index (χ2v) is 9.14. The highest BCUT2D eigenvalue weighted by Gasteiger charge is 2.35. The molecule has 0 saturated heterocycles. The number of fused-ring (bicyclic) bond motifs is 1. The zero-order valence-electron chi connectivity index (χ0n) is 17.4. The Bertz CT molecular complexity index is 1480. The molecule has 2 N–H and O–H groups in total. The Balaban J connectivity index is 1.84. The summed E-state index contributed by atoms with van der Waals surface area (Å²) >= 11 is 0. The van der Waals surface area contributed by atoms with Crippen LogP contribution in [0.1, 0.15) is 5.69 Å². The van der Waals surface area contributed by atoms with E-state index in [2.05, 4.69) is 9.97 Å². The first-order valence-corrected chi connectivity index (χ1v) is 11.3. The molecule has 2 aromatic heterocycles. The van der Waals surface area contributed by atoms with Gasteiger partial charge in [0.25, 0.3) is 0 Å². The molecule has 4 rings (SSSR count). The van der Waals surface area contributed by atoms with E-state index in [9.17, 15) is 30.4 Å². The average molecular weight is 497 g/mol.